The van der Waals surface area contributed by atoms with Crippen LogP contribution in [0.2, 0.25) is 5.02 Å². The molecule has 0 aliphatic heterocycles. The molecule has 0 unspecified atom stereocenters. The van der Waals surface area contributed by atoms with Crippen molar-refractivity contribution in [3.63, 3.8) is 0 Å². The molecule has 2 rings (SSSR count). The second kappa shape index (κ2) is 5.66. The molecule has 0 aliphatic carbocycles. The number of aromatic nitrogens is 1. The molecule has 0 bridgehead atoms. The maximum Gasteiger partial charge on any atom is 0.354 e. The van der Waals surface area contributed by atoms with E-state index in [9.17, 15) is 14.0 Å². The second-order valence-electron chi connectivity index (χ2n) is 3.82. The quantitative estimate of drug-likeness (QED) is 0.912. The van der Waals surface area contributed by atoms with Gasteiger partial charge >= 0.3 is 5.97 Å². The summed E-state index contributed by atoms with van der Waals surface area (Å²) in [5.74, 6) is -2.50. The lowest BCUT2D eigenvalue weighted by Gasteiger charge is -2.06. The van der Waals surface area contributed by atoms with E-state index in [1.165, 1.54) is 30.5 Å². The van der Waals surface area contributed by atoms with Crippen LogP contribution in [0.25, 0.3) is 0 Å². The predicted octanol–water partition coefficient (Wildman–Crippen LogP) is 2.82. The van der Waals surface area contributed by atoms with Crippen molar-refractivity contribution in [1.82, 2.24) is 4.98 Å². The molecule has 0 saturated carbocycles. The van der Waals surface area contributed by atoms with Crippen LogP contribution in [0.1, 0.15) is 20.8 Å². The molecule has 0 atom stereocenters. The third-order valence-electron chi connectivity index (χ3n) is 2.42. The average Bonchev–Trinajstić information content (AvgIpc) is 2.42. The Kier molecular flexibility index (Phi) is 3.95. The number of carboxylic acids is 1. The monoisotopic (exact) mass is 294 g/mol. The van der Waals surface area contributed by atoms with E-state index in [2.05, 4.69) is 10.3 Å². The van der Waals surface area contributed by atoms with Crippen molar-refractivity contribution < 1.29 is 19.1 Å². The SMILES string of the molecule is O=C(Nc1ccnc(C(=O)O)c1)c1ccc(Cl)c(F)c1. The first-order valence-corrected chi connectivity index (χ1v) is 5.81. The Labute approximate surface area is 118 Å². The van der Waals surface area contributed by atoms with Gasteiger partial charge in [0.05, 0.1) is 5.02 Å². The molecule has 0 aliphatic rings. The molecule has 0 radical (unpaired) electrons. The summed E-state index contributed by atoms with van der Waals surface area (Å²) in [5.41, 5.74) is 0.114. The normalized spacial score (nSPS) is 10.1. The number of hydrogen-bond acceptors (Lipinski definition) is 3. The fourth-order valence-corrected chi connectivity index (χ4v) is 1.58. The molecule has 5 nitrogen and oxygen atoms in total. The Hall–Kier alpha value is -2.47. The van der Waals surface area contributed by atoms with Crippen LogP contribution in [0.4, 0.5) is 10.1 Å². The molecule has 20 heavy (non-hydrogen) atoms. The Balaban J connectivity index is 2.21. The summed E-state index contributed by atoms with van der Waals surface area (Å²) >= 11 is 5.52. The van der Waals surface area contributed by atoms with Gasteiger partial charge in [-0.1, -0.05) is 11.6 Å². The van der Waals surface area contributed by atoms with Crippen molar-refractivity contribution in [2.75, 3.05) is 5.32 Å². The lowest BCUT2D eigenvalue weighted by molar-refractivity contribution is 0.0690. The number of carbonyl (C=O) groups excluding carboxylic acids is 1. The van der Waals surface area contributed by atoms with Crippen molar-refractivity contribution >= 4 is 29.2 Å². The molecule has 1 aromatic heterocycles. The second-order valence-corrected chi connectivity index (χ2v) is 4.23. The van der Waals surface area contributed by atoms with E-state index in [1.54, 1.807) is 0 Å². The van der Waals surface area contributed by atoms with Crippen LogP contribution in [-0.2, 0) is 0 Å². The number of pyridine rings is 1. The minimum Gasteiger partial charge on any atom is -0.477 e. The Morgan fingerprint density at radius 3 is 2.65 bits per heavy atom. The maximum absolute atomic E-state index is 13.2. The number of hydrogen-bond donors (Lipinski definition) is 2. The lowest BCUT2D eigenvalue weighted by atomic mass is 10.2. The van der Waals surface area contributed by atoms with Crippen LogP contribution >= 0.6 is 11.6 Å². The number of amides is 1. The number of anilines is 1. The van der Waals surface area contributed by atoms with Crippen molar-refractivity contribution in [3.8, 4) is 0 Å². The van der Waals surface area contributed by atoms with Gasteiger partial charge in [-0.05, 0) is 30.3 Å². The fourth-order valence-electron chi connectivity index (χ4n) is 1.47. The molecule has 102 valence electrons. The number of halogens is 2. The van der Waals surface area contributed by atoms with Gasteiger partial charge in [0.15, 0.2) is 0 Å². The van der Waals surface area contributed by atoms with Gasteiger partial charge in [-0.15, -0.1) is 0 Å². The van der Waals surface area contributed by atoms with Crippen molar-refractivity contribution in [1.29, 1.82) is 0 Å². The van der Waals surface area contributed by atoms with E-state index in [-0.39, 0.29) is 22.0 Å². The van der Waals surface area contributed by atoms with Crippen molar-refractivity contribution in [3.05, 3.63) is 58.6 Å². The molecule has 0 spiro atoms. The number of carboxylic acid groups (broad SMARTS) is 1. The minimum absolute atomic E-state index is 0.0700. The molecule has 1 amide bonds. The third kappa shape index (κ3) is 3.10. The first kappa shape index (κ1) is 14.0. The summed E-state index contributed by atoms with van der Waals surface area (Å²) in [4.78, 5) is 26.2. The molecule has 2 aromatic rings. The smallest absolute Gasteiger partial charge is 0.354 e. The summed E-state index contributed by atoms with van der Waals surface area (Å²) in [5, 5.41) is 11.2. The third-order valence-corrected chi connectivity index (χ3v) is 2.73. The van der Waals surface area contributed by atoms with Gasteiger partial charge in [0, 0.05) is 17.4 Å². The molecular weight excluding hydrogens is 287 g/mol. The zero-order valence-electron chi connectivity index (χ0n) is 9.93. The Bertz CT molecular complexity index is 691. The highest BCUT2D eigenvalue weighted by atomic mass is 35.5. The zero-order valence-corrected chi connectivity index (χ0v) is 10.7. The number of aromatic carboxylic acids is 1. The highest BCUT2D eigenvalue weighted by Crippen LogP contribution is 2.17. The average molecular weight is 295 g/mol. The van der Waals surface area contributed by atoms with Gasteiger partial charge in [-0.2, -0.15) is 0 Å². The first-order chi connectivity index (χ1) is 9.47. The highest BCUT2D eigenvalue weighted by Gasteiger charge is 2.11. The summed E-state index contributed by atoms with van der Waals surface area (Å²) in [6.07, 6.45) is 1.25. The Morgan fingerprint density at radius 2 is 2.00 bits per heavy atom. The van der Waals surface area contributed by atoms with Crippen LogP contribution in [0, 0.1) is 5.82 Å². The Morgan fingerprint density at radius 1 is 1.25 bits per heavy atom. The standard InChI is InChI=1S/C13H8ClFN2O3/c14-9-2-1-7(5-10(9)15)12(18)17-8-3-4-16-11(6-8)13(19)20/h1-6H,(H,19,20)(H,16,17,18). The fraction of sp³-hybridized carbons (Fsp3) is 0. The molecule has 2 N–H and O–H groups in total. The van der Waals surface area contributed by atoms with Crippen molar-refractivity contribution in [2.24, 2.45) is 0 Å². The van der Waals surface area contributed by atoms with Crippen molar-refractivity contribution in [2.45, 2.75) is 0 Å². The largest absolute Gasteiger partial charge is 0.477 e. The predicted molar refractivity (Wildman–Crippen MR) is 70.6 cm³/mol. The number of rotatable bonds is 3. The molecule has 1 aromatic carbocycles. The lowest BCUT2D eigenvalue weighted by Crippen LogP contribution is -2.13. The number of nitrogens with one attached hydrogen (secondary N) is 1. The topological polar surface area (TPSA) is 79.3 Å². The van der Waals surface area contributed by atoms with Crippen LogP contribution in [0.15, 0.2) is 36.5 Å². The maximum atomic E-state index is 13.2. The van der Waals surface area contributed by atoms with Crippen LogP contribution in [0.3, 0.4) is 0 Å². The van der Waals surface area contributed by atoms with E-state index in [4.69, 9.17) is 16.7 Å². The number of nitrogens with zero attached hydrogens (tertiary/aromatic N) is 1. The summed E-state index contributed by atoms with van der Waals surface area (Å²) in [6.45, 7) is 0. The van der Waals surface area contributed by atoms with Gasteiger partial charge in [0.25, 0.3) is 5.91 Å². The van der Waals surface area contributed by atoms with E-state index < -0.39 is 17.7 Å². The van der Waals surface area contributed by atoms with Gasteiger partial charge in [0.2, 0.25) is 0 Å². The highest BCUT2D eigenvalue weighted by molar-refractivity contribution is 6.30. The van der Waals surface area contributed by atoms with Crippen LogP contribution in [-0.4, -0.2) is 22.0 Å². The molecule has 1 heterocycles. The van der Waals surface area contributed by atoms with Gasteiger partial charge in [0.1, 0.15) is 11.5 Å². The summed E-state index contributed by atoms with van der Waals surface area (Å²) in [7, 11) is 0. The van der Waals surface area contributed by atoms with Crippen LogP contribution < -0.4 is 5.32 Å². The van der Waals surface area contributed by atoms with E-state index in [1.807, 2.05) is 0 Å². The first-order valence-electron chi connectivity index (χ1n) is 5.43. The van der Waals surface area contributed by atoms with E-state index in [0.717, 1.165) is 6.07 Å². The molecular formula is C13H8ClFN2O3. The minimum atomic E-state index is -1.21. The summed E-state index contributed by atoms with van der Waals surface area (Å²) in [6, 6.07) is 6.25. The molecule has 0 fully saturated rings. The van der Waals surface area contributed by atoms with Gasteiger partial charge < -0.3 is 10.4 Å². The molecule has 0 saturated heterocycles. The number of benzene rings is 1. The molecule has 7 heteroatoms. The van der Waals surface area contributed by atoms with Crippen LogP contribution in [0.5, 0.6) is 0 Å². The van der Waals surface area contributed by atoms with Gasteiger partial charge in [-0.3, -0.25) is 4.79 Å². The zero-order chi connectivity index (χ0) is 14.7. The summed E-state index contributed by atoms with van der Waals surface area (Å²) < 4.78 is 13.2. The number of carbonyl (C=O) groups is 2. The van der Waals surface area contributed by atoms with E-state index in [0.29, 0.717) is 0 Å². The van der Waals surface area contributed by atoms with E-state index >= 15 is 0 Å². The van der Waals surface area contributed by atoms with Gasteiger partial charge in [-0.25, -0.2) is 14.2 Å².